The van der Waals surface area contributed by atoms with Gasteiger partial charge in [0.15, 0.2) is 0 Å². The number of nitrogen functional groups attached to an aromatic ring is 1. The van der Waals surface area contributed by atoms with Crippen LogP contribution in [0, 0.1) is 0 Å². The zero-order valence-electron chi connectivity index (χ0n) is 25.2. The molecule has 1 aromatic heterocycles. The predicted molar refractivity (Wildman–Crippen MR) is 163 cm³/mol. The lowest BCUT2D eigenvalue weighted by Gasteiger charge is -2.20. The maximum absolute atomic E-state index is 12.3. The molecular formula is C30H57N2O7P. The fourth-order valence-corrected chi connectivity index (χ4v) is 5.40. The molecule has 0 saturated carbocycles. The quantitative estimate of drug-likeness (QED) is 0.0801. The highest BCUT2D eigenvalue weighted by molar-refractivity contribution is 7.52. The molecule has 0 aliphatic heterocycles. The average molecular weight is 589 g/mol. The molecule has 0 fully saturated rings. The molecule has 0 aliphatic rings. The van der Waals surface area contributed by atoms with E-state index >= 15 is 0 Å². The maximum atomic E-state index is 12.3. The van der Waals surface area contributed by atoms with E-state index in [2.05, 4.69) is 6.92 Å². The predicted octanol–water partition coefficient (Wildman–Crippen LogP) is 6.90. The first kappa shape index (κ1) is 36.8. The summed E-state index contributed by atoms with van der Waals surface area (Å²) in [7, 11) is -2.46. The molecule has 3 N–H and O–H groups in total. The van der Waals surface area contributed by atoms with E-state index in [1.54, 1.807) is 12.3 Å². The minimum atomic E-state index is -3.95. The Hall–Kier alpha value is -1.22. The van der Waals surface area contributed by atoms with Gasteiger partial charge in [-0.05, 0) is 12.5 Å². The second-order valence-corrected chi connectivity index (χ2v) is 12.5. The number of aromatic nitrogens is 1. The molecule has 1 heterocycles. The maximum Gasteiger partial charge on any atom is 0.353 e. The van der Waals surface area contributed by atoms with Crippen molar-refractivity contribution < 1.29 is 28.2 Å². The first-order valence-electron chi connectivity index (χ1n) is 15.5. The van der Waals surface area contributed by atoms with E-state index in [1.165, 1.54) is 108 Å². The monoisotopic (exact) mass is 588 g/mol. The van der Waals surface area contributed by atoms with E-state index in [1.807, 2.05) is 0 Å². The van der Waals surface area contributed by atoms with E-state index in [0.717, 1.165) is 12.8 Å². The first-order valence-corrected chi connectivity index (χ1v) is 17.2. The molecule has 0 aliphatic carbocycles. The summed E-state index contributed by atoms with van der Waals surface area (Å²) in [4.78, 5) is 22.1. The summed E-state index contributed by atoms with van der Waals surface area (Å²) in [5.41, 5.74) is 5.70. The molecule has 10 heteroatoms. The van der Waals surface area contributed by atoms with Gasteiger partial charge in [-0.2, -0.15) is 0 Å². The molecule has 0 bridgehead atoms. The SMILES string of the molecule is CCCCCCCCCCCCCCCCCCOCCOP(=O)(O)CO[C@H](COC)Cn1ccc(N)cc1=O. The lowest BCUT2D eigenvalue weighted by molar-refractivity contribution is 0.000254. The van der Waals surface area contributed by atoms with E-state index in [0.29, 0.717) is 12.3 Å². The second-order valence-electron chi connectivity index (χ2n) is 10.7. The summed E-state index contributed by atoms with van der Waals surface area (Å²) in [6.07, 6.45) is 21.7. The number of anilines is 1. The van der Waals surface area contributed by atoms with Crippen LogP contribution in [0.4, 0.5) is 5.69 Å². The Bertz CT molecular complexity index is 837. The number of rotatable bonds is 28. The summed E-state index contributed by atoms with van der Waals surface area (Å²) in [6.45, 7) is 3.48. The molecule has 2 atom stereocenters. The van der Waals surface area contributed by atoms with Crippen molar-refractivity contribution in [3.05, 3.63) is 28.7 Å². The minimum Gasteiger partial charge on any atom is -0.399 e. The Kier molecular flexibility index (Phi) is 22.4. The fraction of sp³-hybridized carbons (Fsp3) is 0.833. The first-order chi connectivity index (χ1) is 19.4. The average Bonchev–Trinajstić information content (AvgIpc) is 2.92. The van der Waals surface area contributed by atoms with Gasteiger partial charge in [-0.1, -0.05) is 103 Å². The Morgan fingerprint density at radius 1 is 0.875 bits per heavy atom. The van der Waals surface area contributed by atoms with E-state index in [4.69, 9.17) is 24.5 Å². The fourth-order valence-electron chi connectivity index (χ4n) is 4.56. The number of methoxy groups -OCH3 is 1. The molecule has 0 radical (unpaired) electrons. The van der Waals surface area contributed by atoms with Crippen LogP contribution in [0.3, 0.4) is 0 Å². The van der Waals surface area contributed by atoms with Crippen LogP contribution in [0.5, 0.6) is 0 Å². The van der Waals surface area contributed by atoms with Crippen molar-refractivity contribution in [2.75, 3.05) is 45.6 Å². The number of hydrogen-bond acceptors (Lipinski definition) is 7. The third-order valence-corrected chi connectivity index (χ3v) is 7.97. The number of nitrogens with two attached hydrogens (primary N) is 1. The smallest absolute Gasteiger partial charge is 0.353 e. The van der Waals surface area contributed by atoms with Crippen LogP contribution in [0.15, 0.2) is 23.1 Å². The lowest BCUT2D eigenvalue weighted by Crippen LogP contribution is -2.31. The van der Waals surface area contributed by atoms with Gasteiger partial charge < -0.3 is 33.9 Å². The molecule has 0 saturated heterocycles. The van der Waals surface area contributed by atoms with Crippen molar-refractivity contribution in [1.82, 2.24) is 4.57 Å². The summed E-state index contributed by atoms with van der Waals surface area (Å²) >= 11 is 0. The van der Waals surface area contributed by atoms with E-state index in [-0.39, 0.29) is 31.9 Å². The van der Waals surface area contributed by atoms with Crippen molar-refractivity contribution in [3.8, 4) is 0 Å². The van der Waals surface area contributed by atoms with Crippen LogP contribution in [-0.4, -0.2) is 55.4 Å². The molecule has 9 nitrogen and oxygen atoms in total. The molecule has 0 amide bonds. The number of hydrogen-bond donors (Lipinski definition) is 2. The number of unbranched alkanes of at least 4 members (excludes halogenated alkanes) is 15. The van der Waals surface area contributed by atoms with Crippen LogP contribution in [-0.2, 0) is 29.8 Å². The highest BCUT2D eigenvalue weighted by atomic mass is 31.2. The molecule has 0 aromatic carbocycles. The van der Waals surface area contributed by atoms with Gasteiger partial charge in [0.05, 0.1) is 32.5 Å². The van der Waals surface area contributed by atoms with Crippen molar-refractivity contribution in [3.63, 3.8) is 0 Å². The van der Waals surface area contributed by atoms with Gasteiger partial charge in [0, 0.05) is 31.7 Å². The molecule has 1 unspecified atom stereocenters. The number of nitrogens with zero attached hydrogens (tertiary/aromatic N) is 1. The van der Waals surface area contributed by atoms with Gasteiger partial charge in [0.1, 0.15) is 6.35 Å². The van der Waals surface area contributed by atoms with Crippen molar-refractivity contribution in [1.29, 1.82) is 0 Å². The van der Waals surface area contributed by atoms with Gasteiger partial charge >= 0.3 is 7.60 Å². The van der Waals surface area contributed by atoms with Crippen LogP contribution in [0.2, 0.25) is 0 Å². The van der Waals surface area contributed by atoms with E-state index in [9.17, 15) is 14.3 Å². The van der Waals surface area contributed by atoms with Crippen molar-refractivity contribution in [2.24, 2.45) is 0 Å². The van der Waals surface area contributed by atoms with Crippen molar-refractivity contribution >= 4 is 13.3 Å². The third kappa shape index (κ3) is 20.6. The van der Waals surface area contributed by atoms with Gasteiger partial charge in [-0.15, -0.1) is 0 Å². The molecule has 40 heavy (non-hydrogen) atoms. The Labute approximate surface area is 242 Å². The summed E-state index contributed by atoms with van der Waals surface area (Å²) in [6, 6.07) is 2.91. The Balaban J connectivity index is 1.97. The standard InChI is InChI=1S/C30H57N2O7P/c1-3-4-5-6-7-8-9-10-11-12-13-14-15-16-17-18-21-37-22-23-39-40(34,35)27-38-29(26-36-2)25-32-20-19-28(31)24-30(32)33/h19-20,24,29H,3-18,21-23,25-27,31H2,1-2H3,(H,34,35)/t29-/m0/s1. The van der Waals surface area contributed by atoms with Crippen molar-refractivity contribution in [2.45, 2.75) is 122 Å². The molecular weight excluding hydrogens is 531 g/mol. The topological polar surface area (TPSA) is 122 Å². The summed E-state index contributed by atoms with van der Waals surface area (Å²) in [5.74, 6) is 0. The van der Waals surface area contributed by atoms with Crippen LogP contribution in [0.1, 0.15) is 110 Å². The molecule has 1 rings (SSSR count). The third-order valence-electron chi connectivity index (χ3n) is 6.91. The van der Waals surface area contributed by atoms with E-state index < -0.39 is 20.0 Å². The second kappa shape index (κ2) is 24.4. The van der Waals surface area contributed by atoms with Gasteiger partial charge in [-0.3, -0.25) is 9.36 Å². The summed E-state index contributed by atoms with van der Waals surface area (Å²) in [5, 5.41) is 0. The Morgan fingerprint density at radius 3 is 1.95 bits per heavy atom. The van der Waals surface area contributed by atoms with Crippen LogP contribution in [0.25, 0.3) is 0 Å². The summed E-state index contributed by atoms with van der Waals surface area (Å²) < 4.78 is 35.0. The number of ether oxygens (including phenoxy) is 3. The molecule has 1 aromatic rings. The zero-order chi connectivity index (χ0) is 29.3. The van der Waals surface area contributed by atoms with Gasteiger partial charge in [0.25, 0.3) is 5.56 Å². The molecule has 234 valence electrons. The number of pyridine rings is 1. The molecule has 0 spiro atoms. The van der Waals surface area contributed by atoms with Crippen LogP contribution < -0.4 is 11.3 Å². The highest BCUT2D eigenvalue weighted by Gasteiger charge is 2.23. The Morgan fingerprint density at radius 2 is 1.43 bits per heavy atom. The van der Waals surface area contributed by atoms with Gasteiger partial charge in [0.2, 0.25) is 0 Å². The highest BCUT2D eigenvalue weighted by Crippen LogP contribution is 2.41. The minimum absolute atomic E-state index is 0.0162. The largest absolute Gasteiger partial charge is 0.399 e. The van der Waals surface area contributed by atoms with Crippen LogP contribution >= 0.6 is 7.60 Å². The lowest BCUT2D eigenvalue weighted by atomic mass is 10.0. The van der Waals surface area contributed by atoms with Gasteiger partial charge in [-0.25, -0.2) is 0 Å². The normalized spacial score (nSPS) is 13.9. The zero-order valence-corrected chi connectivity index (χ0v) is 26.1.